The molecule has 0 fully saturated rings. The Hall–Kier alpha value is -2.78. The number of hydrogen-bond donors (Lipinski definition) is 0. The van der Waals surface area contributed by atoms with Crippen LogP contribution in [0.2, 0.25) is 0 Å². The summed E-state index contributed by atoms with van der Waals surface area (Å²) in [5, 5.41) is 5.61. The van der Waals surface area contributed by atoms with Crippen molar-refractivity contribution in [1.82, 2.24) is 4.98 Å². The summed E-state index contributed by atoms with van der Waals surface area (Å²) >= 11 is 2.02. The first-order valence-corrected chi connectivity index (χ1v) is 13.6. The average molecular weight is 480 g/mol. The van der Waals surface area contributed by atoms with E-state index in [1.165, 1.54) is 44.0 Å². The van der Waals surface area contributed by atoms with Gasteiger partial charge in [0, 0.05) is 32.7 Å². The standard InChI is InChI=1S/C32H33NOS/c1-18(2)15-24-19(3)35-27-12-11-26-28(29(24)27)23-13-14-33-30(31(23)34-26)21-16-20-9-7-8-10-22(20)25(17-21)32(4,5)6/h7-14,16-19,24H,15H2,1-6H3. The molecule has 1 aliphatic rings. The lowest BCUT2D eigenvalue weighted by atomic mass is 9.82. The molecular formula is C32H33NOS. The van der Waals surface area contributed by atoms with E-state index in [-0.39, 0.29) is 5.41 Å². The van der Waals surface area contributed by atoms with Crippen LogP contribution in [0.15, 0.2) is 70.1 Å². The highest BCUT2D eigenvalue weighted by Crippen LogP contribution is 2.52. The van der Waals surface area contributed by atoms with Crippen molar-refractivity contribution in [1.29, 1.82) is 0 Å². The lowest BCUT2D eigenvalue weighted by Gasteiger charge is -2.22. The Morgan fingerprint density at radius 1 is 1.00 bits per heavy atom. The largest absolute Gasteiger partial charge is 0.454 e. The summed E-state index contributed by atoms with van der Waals surface area (Å²) in [7, 11) is 0. The summed E-state index contributed by atoms with van der Waals surface area (Å²) in [6.07, 6.45) is 3.16. The van der Waals surface area contributed by atoms with E-state index in [0.717, 1.165) is 22.4 Å². The fourth-order valence-corrected chi connectivity index (χ4v) is 7.22. The van der Waals surface area contributed by atoms with Crippen LogP contribution in [0.1, 0.15) is 65.0 Å². The molecule has 0 radical (unpaired) electrons. The first kappa shape index (κ1) is 22.7. The minimum atomic E-state index is 0.0235. The van der Waals surface area contributed by atoms with E-state index in [4.69, 9.17) is 9.40 Å². The fraction of sp³-hybridized carbons (Fsp3) is 0.344. The molecule has 0 saturated heterocycles. The molecule has 2 nitrogen and oxygen atoms in total. The molecule has 2 unspecified atom stereocenters. The van der Waals surface area contributed by atoms with Crippen LogP contribution in [-0.2, 0) is 5.41 Å². The highest BCUT2D eigenvalue weighted by atomic mass is 32.2. The molecule has 178 valence electrons. The highest BCUT2D eigenvalue weighted by Gasteiger charge is 2.34. The van der Waals surface area contributed by atoms with Crippen molar-refractivity contribution >= 4 is 44.5 Å². The second-order valence-electron chi connectivity index (χ2n) is 11.5. The molecular weight excluding hydrogens is 446 g/mol. The zero-order chi connectivity index (χ0) is 24.5. The molecule has 2 aromatic heterocycles. The van der Waals surface area contributed by atoms with Gasteiger partial charge in [0.15, 0.2) is 5.58 Å². The van der Waals surface area contributed by atoms with Crippen LogP contribution in [0.4, 0.5) is 0 Å². The molecule has 3 aromatic carbocycles. The van der Waals surface area contributed by atoms with Gasteiger partial charge in [0.2, 0.25) is 0 Å². The van der Waals surface area contributed by atoms with Crippen LogP contribution in [0.25, 0.3) is 44.0 Å². The van der Waals surface area contributed by atoms with Gasteiger partial charge < -0.3 is 4.42 Å². The number of hydrogen-bond acceptors (Lipinski definition) is 3. The van der Waals surface area contributed by atoms with Crippen molar-refractivity contribution < 1.29 is 4.42 Å². The minimum Gasteiger partial charge on any atom is -0.454 e. The summed E-state index contributed by atoms with van der Waals surface area (Å²) in [6.45, 7) is 13.9. The van der Waals surface area contributed by atoms with Crippen LogP contribution in [0.5, 0.6) is 0 Å². The van der Waals surface area contributed by atoms with Gasteiger partial charge in [0.1, 0.15) is 11.3 Å². The van der Waals surface area contributed by atoms with E-state index < -0.39 is 0 Å². The first-order chi connectivity index (χ1) is 16.7. The van der Waals surface area contributed by atoms with E-state index in [9.17, 15) is 0 Å². The SMILES string of the molecule is CC(C)CC1c2c(ccc3oc4c(-c5cc(C(C)(C)C)c6ccccc6c5)nccc4c23)SC1C. The maximum Gasteiger partial charge on any atom is 0.161 e. The number of benzene rings is 3. The summed E-state index contributed by atoms with van der Waals surface area (Å²) < 4.78 is 6.62. The monoisotopic (exact) mass is 479 g/mol. The second-order valence-corrected chi connectivity index (χ2v) is 13.0. The van der Waals surface area contributed by atoms with Gasteiger partial charge >= 0.3 is 0 Å². The molecule has 1 aliphatic heterocycles. The Morgan fingerprint density at radius 3 is 2.57 bits per heavy atom. The van der Waals surface area contributed by atoms with Gasteiger partial charge in [-0.05, 0) is 75.9 Å². The molecule has 0 bridgehead atoms. The Kier molecular flexibility index (Phi) is 5.27. The molecule has 0 N–H and O–H groups in total. The van der Waals surface area contributed by atoms with Gasteiger partial charge in [0.05, 0.1) is 0 Å². The molecule has 35 heavy (non-hydrogen) atoms. The molecule has 0 aliphatic carbocycles. The summed E-state index contributed by atoms with van der Waals surface area (Å²) in [4.78, 5) is 6.29. The number of rotatable bonds is 3. The molecule has 0 amide bonds. The number of aromatic nitrogens is 1. The van der Waals surface area contributed by atoms with Gasteiger partial charge in [-0.2, -0.15) is 0 Å². The van der Waals surface area contributed by atoms with Crippen LogP contribution >= 0.6 is 11.8 Å². The lowest BCUT2D eigenvalue weighted by Crippen LogP contribution is -2.12. The third-order valence-electron chi connectivity index (χ3n) is 7.47. The smallest absolute Gasteiger partial charge is 0.161 e. The molecule has 5 aromatic rings. The first-order valence-electron chi connectivity index (χ1n) is 12.8. The van der Waals surface area contributed by atoms with Crippen LogP contribution in [0, 0.1) is 5.92 Å². The van der Waals surface area contributed by atoms with E-state index in [2.05, 4.69) is 96.1 Å². The highest BCUT2D eigenvalue weighted by molar-refractivity contribution is 8.00. The predicted octanol–water partition coefficient (Wildman–Crippen LogP) is 9.72. The van der Waals surface area contributed by atoms with E-state index >= 15 is 0 Å². The van der Waals surface area contributed by atoms with Gasteiger partial charge in [-0.25, -0.2) is 0 Å². The maximum atomic E-state index is 6.62. The summed E-state index contributed by atoms with van der Waals surface area (Å²) in [5.41, 5.74) is 6.78. The number of furan rings is 1. The van der Waals surface area contributed by atoms with Crippen molar-refractivity contribution in [3.63, 3.8) is 0 Å². The quantitative estimate of drug-likeness (QED) is 0.257. The number of pyridine rings is 1. The van der Waals surface area contributed by atoms with Crippen molar-refractivity contribution in [2.45, 2.75) is 69.4 Å². The normalized spacial score (nSPS) is 18.3. The van der Waals surface area contributed by atoms with E-state index in [1.807, 2.05) is 18.0 Å². The van der Waals surface area contributed by atoms with Gasteiger partial charge in [-0.15, -0.1) is 11.8 Å². The van der Waals surface area contributed by atoms with E-state index in [0.29, 0.717) is 17.1 Å². The molecule has 0 spiro atoms. The third kappa shape index (κ3) is 3.67. The molecule has 6 rings (SSSR count). The van der Waals surface area contributed by atoms with E-state index in [1.54, 1.807) is 0 Å². The van der Waals surface area contributed by atoms with Crippen LogP contribution in [-0.4, -0.2) is 10.2 Å². The summed E-state index contributed by atoms with van der Waals surface area (Å²) in [5.74, 6) is 1.21. The molecule has 3 heterocycles. The predicted molar refractivity (Wildman–Crippen MR) is 151 cm³/mol. The maximum absolute atomic E-state index is 6.62. The number of fused-ring (bicyclic) bond motifs is 6. The van der Waals surface area contributed by atoms with Crippen LogP contribution in [0.3, 0.4) is 0 Å². The number of nitrogens with zero attached hydrogens (tertiary/aromatic N) is 1. The van der Waals surface area contributed by atoms with Gasteiger partial charge in [-0.1, -0.05) is 65.8 Å². The van der Waals surface area contributed by atoms with Gasteiger partial charge in [-0.3, -0.25) is 4.98 Å². The van der Waals surface area contributed by atoms with Crippen molar-refractivity contribution in [3.05, 3.63) is 71.9 Å². The Morgan fingerprint density at radius 2 is 1.80 bits per heavy atom. The van der Waals surface area contributed by atoms with Crippen molar-refractivity contribution in [2.24, 2.45) is 5.92 Å². The summed E-state index contributed by atoms with van der Waals surface area (Å²) in [6, 6.07) is 19.8. The Balaban J connectivity index is 1.63. The fourth-order valence-electron chi connectivity index (χ4n) is 5.88. The van der Waals surface area contributed by atoms with Crippen molar-refractivity contribution in [3.8, 4) is 11.3 Å². The third-order valence-corrected chi connectivity index (χ3v) is 8.78. The van der Waals surface area contributed by atoms with Crippen molar-refractivity contribution in [2.75, 3.05) is 0 Å². The molecule has 2 atom stereocenters. The second kappa shape index (κ2) is 8.13. The molecule has 3 heteroatoms. The minimum absolute atomic E-state index is 0.0235. The number of thioether (sulfide) groups is 1. The zero-order valence-electron chi connectivity index (χ0n) is 21.5. The van der Waals surface area contributed by atoms with Crippen LogP contribution < -0.4 is 0 Å². The Labute approximate surface area is 212 Å². The molecule has 0 saturated carbocycles. The Bertz CT molecular complexity index is 1590. The average Bonchev–Trinajstić information content (AvgIpc) is 3.34. The zero-order valence-corrected chi connectivity index (χ0v) is 22.3. The lowest BCUT2D eigenvalue weighted by molar-refractivity contribution is 0.501. The topological polar surface area (TPSA) is 26.0 Å². The van der Waals surface area contributed by atoms with Gasteiger partial charge in [0.25, 0.3) is 0 Å².